The molecular weight excluding hydrogens is 390 g/mol. The van der Waals surface area contributed by atoms with Crippen molar-refractivity contribution in [1.29, 1.82) is 0 Å². The number of nitrogens with one attached hydrogen (secondary N) is 1. The lowest BCUT2D eigenvalue weighted by Crippen LogP contribution is -2.63. The summed E-state index contributed by atoms with van der Waals surface area (Å²) < 4.78 is 18.9. The molecule has 13 nitrogen and oxygen atoms in total. The van der Waals surface area contributed by atoms with E-state index in [4.69, 9.17) is 14.2 Å². The maximum absolute atomic E-state index is 12.5. The summed E-state index contributed by atoms with van der Waals surface area (Å²) in [5, 5.41) is 2.69. The number of amides is 4. The topological polar surface area (TPSA) is 140 Å². The van der Waals surface area contributed by atoms with E-state index in [1.807, 2.05) is 0 Å². The van der Waals surface area contributed by atoms with Gasteiger partial charge >= 0.3 is 24.4 Å². The molecule has 0 aliphatic carbocycles. The summed E-state index contributed by atoms with van der Waals surface area (Å²) in [6.07, 6.45) is -2.29. The number of hydrogen-bond acceptors (Lipinski definition) is 9. The number of carbonyl (C=O) groups is 4. The Hall–Kier alpha value is -3.77. The zero-order valence-corrected chi connectivity index (χ0v) is 16.4. The SMILES string of the molecule is COC(=O)NN(C(=O)OC)C1c2ncccc2N(C(=O)OC)N(C(=O)OC)C1C. The molecular formula is C16H21N5O8. The normalized spacial score (nSPS) is 17.6. The van der Waals surface area contributed by atoms with Crippen LogP contribution in [0, 0.1) is 0 Å². The molecule has 1 N–H and O–H groups in total. The third-order valence-corrected chi connectivity index (χ3v) is 4.14. The molecule has 0 saturated carbocycles. The monoisotopic (exact) mass is 411 g/mol. The highest BCUT2D eigenvalue weighted by molar-refractivity contribution is 5.92. The average Bonchev–Trinajstić information content (AvgIpc) is 2.75. The van der Waals surface area contributed by atoms with Gasteiger partial charge in [0, 0.05) is 6.20 Å². The molecule has 0 radical (unpaired) electrons. The van der Waals surface area contributed by atoms with Crippen molar-refractivity contribution >= 4 is 30.1 Å². The molecule has 158 valence electrons. The van der Waals surface area contributed by atoms with Crippen molar-refractivity contribution in [1.82, 2.24) is 20.4 Å². The van der Waals surface area contributed by atoms with Crippen molar-refractivity contribution in [2.75, 3.05) is 33.4 Å². The second-order valence-corrected chi connectivity index (χ2v) is 5.63. The lowest BCUT2D eigenvalue weighted by atomic mass is 10.00. The van der Waals surface area contributed by atoms with E-state index >= 15 is 0 Å². The van der Waals surface area contributed by atoms with Gasteiger partial charge in [0.2, 0.25) is 0 Å². The Labute approximate surface area is 166 Å². The largest absolute Gasteiger partial charge is 0.452 e. The zero-order chi connectivity index (χ0) is 21.7. The summed E-state index contributed by atoms with van der Waals surface area (Å²) >= 11 is 0. The molecule has 0 aromatic carbocycles. The maximum Gasteiger partial charge on any atom is 0.433 e. The zero-order valence-electron chi connectivity index (χ0n) is 16.4. The lowest BCUT2D eigenvalue weighted by Gasteiger charge is -2.46. The highest BCUT2D eigenvalue weighted by Gasteiger charge is 2.49. The van der Waals surface area contributed by atoms with Gasteiger partial charge in [-0.3, -0.25) is 4.98 Å². The molecule has 2 atom stereocenters. The minimum absolute atomic E-state index is 0.133. The van der Waals surface area contributed by atoms with E-state index in [0.29, 0.717) is 0 Å². The second-order valence-electron chi connectivity index (χ2n) is 5.63. The molecule has 2 rings (SSSR count). The van der Waals surface area contributed by atoms with E-state index in [1.54, 1.807) is 0 Å². The first-order chi connectivity index (χ1) is 13.8. The molecule has 0 fully saturated rings. The standard InChI is InChI=1S/C16H21N5O8/c1-9-12(19(14(23)27-3)18-13(22)26-2)11-10(7-6-8-17-11)21(16(25)29-5)20(9)15(24)28-4/h6-9,12H,1-5H3,(H,18,22). The Balaban J connectivity index is 2.69. The van der Waals surface area contributed by atoms with Gasteiger partial charge in [-0.1, -0.05) is 0 Å². The van der Waals surface area contributed by atoms with Crippen LogP contribution in [0.15, 0.2) is 18.3 Å². The van der Waals surface area contributed by atoms with Crippen molar-refractivity contribution < 1.29 is 38.1 Å². The molecule has 2 unspecified atom stereocenters. The van der Waals surface area contributed by atoms with Crippen LogP contribution in [0.5, 0.6) is 0 Å². The fourth-order valence-corrected chi connectivity index (χ4v) is 2.90. The summed E-state index contributed by atoms with van der Waals surface area (Å²) in [6, 6.07) is 0.979. The smallest absolute Gasteiger partial charge is 0.433 e. The maximum atomic E-state index is 12.5. The summed E-state index contributed by atoms with van der Waals surface area (Å²) in [6.45, 7) is 1.52. The highest BCUT2D eigenvalue weighted by atomic mass is 16.6. The van der Waals surface area contributed by atoms with Crippen LogP contribution in [-0.4, -0.2) is 73.9 Å². The van der Waals surface area contributed by atoms with Crippen molar-refractivity contribution in [2.45, 2.75) is 19.0 Å². The Morgan fingerprint density at radius 3 is 2.24 bits per heavy atom. The predicted molar refractivity (Wildman–Crippen MR) is 95.4 cm³/mol. The van der Waals surface area contributed by atoms with Gasteiger partial charge in [-0.05, 0) is 19.1 Å². The molecule has 1 aromatic rings. The van der Waals surface area contributed by atoms with Crippen molar-refractivity contribution in [3.8, 4) is 0 Å². The second kappa shape index (κ2) is 8.95. The fourth-order valence-electron chi connectivity index (χ4n) is 2.90. The Kier molecular flexibility index (Phi) is 6.64. The number of hydrazine groups is 2. The number of nitrogens with zero attached hydrogens (tertiary/aromatic N) is 4. The first-order valence-corrected chi connectivity index (χ1v) is 8.24. The number of pyridine rings is 1. The van der Waals surface area contributed by atoms with Gasteiger partial charge in [0.05, 0.1) is 45.9 Å². The first-order valence-electron chi connectivity index (χ1n) is 8.24. The Bertz CT molecular complexity index is 803. The van der Waals surface area contributed by atoms with Crippen molar-refractivity contribution in [3.05, 3.63) is 24.0 Å². The van der Waals surface area contributed by atoms with Crippen LogP contribution in [0.4, 0.5) is 24.9 Å². The number of aromatic nitrogens is 1. The van der Waals surface area contributed by atoms with E-state index in [-0.39, 0.29) is 11.4 Å². The van der Waals surface area contributed by atoms with E-state index in [0.717, 1.165) is 43.5 Å². The van der Waals surface area contributed by atoms with Gasteiger partial charge in [0.15, 0.2) is 0 Å². The van der Waals surface area contributed by atoms with Gasteiger partial charge in [-0.2, -0.15) is 5.01 Å². The first kappa shape index (κ1) is 21.5. The minimum Gasteiger partial charge on any atom is -0.452 e. The number of fused-ring (bicyclic) bond motifs is 1. The quantitative estimate of drug-likeness (QED) is 0.536. The summed E-state index contributed by atoms with van der Waals surface area (Å²) in [5.74, 6) is 0. The van der Waals surface area contributed by atoms with Crippen LogP contribution in [0.25, 0.3) is 0 Å². The van der Waals surface area contributed by atoms with Crippen LogP contribution < -0.4 is 10.4 Å². The molecule has 0 bridgehead atoms. The molecule has 13 heteroatoms. The van der Waals surface area contributed by atoms with Crippen LogP contribution in [0.3, 0.4) is 0 Å². The third-order valence-electron chi connectivity index (χ3n) is 4.14. The Morgan fingerprint density at radius 2 is 1.69 bits per heavy atom. The van der Waals surface area contributed by atoms with Crippen LogP contribution >= 0.6 is 0 Å². The van der Waals surface area contributed by atoms with Crippen LogP contribution in [0.1, 0.15) is 18.7 Å². The van der Waals surface area contributed by atoms with E-state index in [9.17, 15) is 19.2 Å². The predicted octanol–water partition coefficient (Wildman–Crippen LogP) is 1.42. The molecule has 4 amide bonds. The number of anilines is 1. The van der Waals surface area contributed by atoms with Gasteiger partial charge in [0.25, 0.3) is 0 Å². The molecule has 1 aromatic heterocycles. The highest BCUT2D eigenvalue weighted by Crippen LogP contribution is 2.39. The molecule has 0 spiro atoms. The van der Waals surface area contributed by atoms with Gasteiger partial charge < -0.3 is 18.9 Å². The van der Waals surface area contributed by atoms with Crippen LogP contribution in [0.2, 0.25) is 0 Å². The molecule has 1 aliphatic heterocycles. The lowest BCUT2D eigenvalue weighted by molar-refractivity contribution is 0.0220. The number of ether oxygens (including phenoxy) is 4. The van der Waals surface area contributed by atoms with Crippen LogP contribution in [-0.2, 0) is 18.9 Å². The van der Waals surface area contributed by atoms with Gasteiger partial charge in [-0.25, -0.2) is 34.6 Å². The van der Waals surface area contributed by atoms with E-state index < -0.39 is 36.5 Å². The minimum atomic E-state index is -1.07. The number of carbonyl (C=O) groups excluding carboxylic acids is 4. The summed E-state index contributed by atoms with van der Waals surface area (Å²) in [5.41, 5.74) is 2.56. The molecule has 1 aliphatic rings. The number of hydrogen-bond donors (Lipinski definition) is 1. The number of methoxy groups -OCH3 is 4. The van der Waals surface area contributed by atoms with Gasteiger partial charge in [-0.15, -0.1) is 0 Å². The van der Waals surface area contributed by atoms with Crippen molar-refractivity contribution in [3.63, 3.8) is 0 Å². The average molecular weight is 411 g/mol. The third kappa shape index (κ3) is 3.93. The van der Waals surface area contributed by atoms with E-state index in [1.165, 1.54) is 25.3 Å². The molecule has 29 heavy (non-hydrogen) atoms. The van der Waals surface area contributed by atoms with Crippen molar-refractivity contribution in [2.24, 2.45) is 0 Å². The summed E-state index contributed by atoms with van der Waals surface area (Å²) in [4.78, 5) is 53.4. The Morgan fingerprint density at radius 1 is 1.03 bits per heavy atom. The van der Waals surface area contributed by atoms with Gasteiger partial charge in [0.1, 0.15) is 6.04 Å². The fraction of sp³-hybridized carbons (Fsp3) is 0.438. The van der Waals surface area contributed by atoms with E-state index in [2.05, 4.69) is 15.1 Å². The summed E-state index contributed by atoms with van der Waals surface area (Å²) in [7, 11) is 4.49. The molecule has 2 heterocycles. The molecule has 0 saturated heterocycles. The number of rotatable bonds is 1.